The minimum Gasteiger partial charge on any atom is -0.375 e. The van der Waals surface area contributed by atoms with E-state index in [2.05, 4.69) is 19.2 Å². The van der Waals surface area contributed by atoms with Crippen LogP contribution < -0.4 is 5.32 Å². The van der Waals surface area contributed by atoms with E-state index in [0.717, 1.165) is 19.1 Å². The summed E-state index contributed by atoms with van der Waals surface area (Å²) in [4.78, 5) is 0. The first-order valence-electron chi connectivity index (χ1n) is 8.11. The molecule has 1 aliphatic heterocycles. The smallest absolute Gasteiger partial charge is 0.0685 e. The topological polar surface area (TPSA) is 21.3 Å². The largest absolute Gasteiger partial charge is 0.375 e. The highest BCUT2D eigenvalue weighted by atomic mass is 16.5. The van der Waals surface area contributed by atoms with Gasteiger partial charge in [0.15, 0.2) is 0 Å². The lowest BCUT2D eigenvalue weighted by atomic mass is 9.75. The summed E-state index contributed by atoms with van der Waals surface area (Å²) in [6.45, 7) is 6.63. The second-order valence-corrected chi connectivity index (χ2v) is 6.49. The van der Waals surface area contributed by atoms with Crippen LogP contribution in [0.1, 0.15) is 71.6 Å². The van der Waals surface area contributed by atoms with Gasteiger partial charge < -0.3 is 10.1 Å². The summed E-state index contributed by atoms with van der Waals surface area (Å²) in [7, 11) is 0. The Kier molecular flexibility index (Phi) is 5.50. The molecule has 2 rings (SSSR count). The van der Waals surface area contributed by atoms with E-state index in [1.807, 2.05) is 0 Å². The van der Waals surface area contributed by atoms with E-state index in [4.69, 9.17) is 4.74 Å². The molecule has 0 aromatic heterocycles. The van der Waals surface area contributed by atoms with Crippen LogP contribution in [0.3, 0.4) is 0 Å². The van der Waals surface area contributed by atoms with Crippen LogP contribution in [0, 0.1) is 5.92 Å². The molecule has 2 fully saturated rings. The van der Waals surface area contributed by atoms with Crippen LogP contribution in [-0.4, -0.2) is 24.8 Å². The maximum atomic E-state index is 6.18. The van der Waals surface area contributed by atoms with E-state index >= 15 is 0 Å². The molecule has 2 atom stereocenters. The zero-order valence-electron chi connectivity index (χ0n) is 12.3. The van der Waals surface area contributed by atoms with Gasteiger partial charge in [0, 0.05) is 12.6 Å². The molecular weight excluding hydrogens is 222 g/mol. The molecule has 0 amide bonds. The van der Waals surface area contributed by atoms with Crippen LogP contribution in [0.4, 0.5) is 0 Å². The Morgan fingerprint density at radius 2 is 2.06 bits per heavy atom. The maximum absolute atomic E-state index is 6.18. The molecule has 0 aromatic rings. The zero-order chi connectivity index (χ0) is 12.8. The SMILES string of the molecule is CCNC(C)CCC1CCOC2(CCCCC2)C1. The van der Waals surface area contributed by atoms with Crippen LogP contribution in [-0.2, 0) is 4.74 Å². The van der Waals surface area contributed by atoms with Crippen molar-refractivity contribution < 1.29 is 4.74 Å². The van der Waals surface area contributed by atoms with Crippen LogP contribution >= 0.6 is 0 Å². The molecule has 2 nitrogen and oxygen atoms in total. The average Bonchev–Trinajstić information content (AvgIpc) is 2.38. The Hall–Kier alpha value is -0.0800. The first kappa shape index (κ1) is 14.3. The van der Waals surface area contributed by atoms with Crippen LogP contribution in [0.25, 0.3) is 0 Å². The van der Waals surface area contributed by atoms with E-state index in [1.165, 1.54) is 57.8 Å². The van der Waals surface area contributed by atoms with Crippen molar-refractivity contribution in [3.05, 3.63) is 0 Å². The van der Waals surface area contributed by atoms with E-state index < -0.39 is 0 Å². The average molecular weight is 253 g/mol. The molecule has 1 saturated heterocycles. The first-order chi connectivity index (χ1) is 8.74. The number of ether oxygens (including phenoxy) is 1. The lowest BCUT2D eigenvalue weighted by molar-refractivity contribution is -0.118. The fraction of sp³-hybridized carbons (Fsp3) is 1.00. The van der Waals surface area contributed by atoms with E-state index in [1.54, 1.807) is 0 Å². The van der Waals surface area contributed by atoms with Gasteiger partial charge in [-0.15, -0.1) is 0 Å². The third-order valence-electron chi connectivity index (χ3n) is 4.92. The summed E-state index contributed by atoms with van der Waals surface area (Å²) < 4.78 is 6.18. The van der Waals surface area contributed by atoms with Gasteiger partial charge in [0.05, 0.1) is 5.60 Å². The highest BCUT2D eigenvalue weighted by Gasteiger charge is 2.38. The lowest BCUT2D eigenvalue weighted by Crippen LogP contribution is -2.41. The van der Waals surface area contributed by atoms with Gasteiger partial charge in [-0.1, -0.05) is 26.2 Å². The molecule has 1 heterocycles. The maximum Gasteiger partial charge on any atom is 0.0685 e. The van der Waals surface area contributed by atoms with Crippen molar-refractivity contribution >= 4 is 0 Å². The number of hydrogen-bond donors (Lipinski definition) is 1. The molecule has 0 bridgehead atoms. The van der Waals surface area contributed by atoms with Crippen molar-refractivity contribution in [1.29, 1.82) is 0 Å². The Balaban J connectivity index is 1.76. The minimum absolute atomic E-state index is 0.294. The fourth-order valence-electron chi connectivity index (χ4n) is 3.86. The molecule has 1 aliphatic carbocycles. The summed E-state index contributed by atoms with van der Waals surface area (Å²) >= 11 is 0. The number of rotatable bonds is 5. The van der Waals surface area contributed by atoms with Crippen LogP contribution in [0.15, 0.2) is 0 Å². The van der Waals surface area contributed by atoms with Gasteiger partial charge in [-0.25, -0.2) is 0 Å². The van der Waals surface area contributed by atoms with Crippen LogP contribution in [0.5, 0.6) is 0 Å². The molecule has 0 radical (unpaired) electrons. The second kappa shape index (κ2) is 6.91. The molecule has 18 heavy (non-hydrogen) atoms. The number of hydrogen-bond acceptors (Lipinski definition) is 2. The second-order valence-electron chi connectivity index (χ2n) is 6.49. The van der Waals surface area contributed by atoms with Gasteiger partial charge in [-0.3, -0.25) is 0 Å². The zero-order valence-corrected chi connectivity index (χ0v) is 12.3. The van der Waals surface area contributed by atoms with Crippen molar-refractivity contribution in [1.82, 2.24) is 5.32 Å². The summed E-state index contributed by atoms with van der Waals surface area (Å²) in [5.74, 6) is 0.915. The van der Waals surface area contributed by atoms with E-state index in [0.29, 0.717) is 11.6 Å². The van der Waals surface area contributed by atoms with Gasteiger partial charge in [0.25, 0.3) is 0 Å². The highest BCUT2D eigenvalue weighted by Crippen LogP contribution is 2.41. The summed E-state index contributed by atoms with van der Waals surface area (Å²) in [6, 6.07) is 0.681. The molecule has 1 N–H and O–H groups in total. The molecular formula is C16H31NO. The standard InChI is InChI=1S/C16H31NO/c1-3-17-14(2)7-8-15-9-12-18-16(13-15)10-5-4-6-11-16/h14-15,17H,3-13H2,1-2H3. The van der Waals surface area contributed by atoms with Crippen molar-refractivity contribution in [3.8, 4) is 0 Å². The Bertz CT molecular complexity index is 230. The molecule has 0 aromatic carbocycles. The summed E-state index contributed by atoms with van der Waals surface area (Å²) in [6.07, 6.45) is 12.2. The third kappa shape index (κ3) is 3.96. The third-order valence-corrected chi connectivity index (χ3v) is 4.92. The molecule has 2 aliphatic rings. The van der Waals surface area contributed by atoms with E-state index in [-0.39, 0.29) is 0 Å². The Morgan fingerprint density at radius 1 is 1.28 bits per heavy atom. The minimum atomic E-state index is 0.294. The summed E-state index contributed by atoms with van der Waals surface area (Å²) in [5, 5.41) is 3.52. The molecule has 1 saturated carbocycles. The molecule has 2 heteroatoms. The monoisotopic (exact) mass is 253 g/mol. The highest BCUT2D eigenvalue weighted by molar-refractivity contribution is 4.89. The van der Waals surface area contributed by atoms with Gasteiger partial charge in [-0.2, -0.15) is 0 Å². The predicted molar refractivity (Wildman–Crippen MR) is 76.9 cm³/mol. The molecule has 106 valence electrons. The normalized spacial score (nSPS) is 29.3. The van der Waals surface area contributed by atoms with Crippen LogP contribution in [0.2, 0.25) is 0 Å². The Labute approximate surface area is 113 Å². The van der Waals surface area contributed by atoms with Crippen molar-refractivity contribution in [2.45, 2.75) is 83.3 Å². The van der Waals surface area contributed by atoms with Gasteiger partial charge in [0.1, 0.15) is 0 Å². The molecule has 1 spiro atoms. The van der Waals surface area contributed by atoms with Crippen molar-refractivity contribution in [2.75, 3.05) is 13.2 Å². The first-order valence-corrected chi connectivity index (χ1v) is 8.11. The van der Waals surface area contributed by atoms with Crippen molar-refractivity contribution in [3.63, 3.8) is 0 Å². The van der Waals surface area contributed by atoms with Crippen molar-refractivity contribution in [2.24, 2.45) is 5.92 Å². The summed E-state index contributed by atoms with van der Waals surface area (Å²) in [5.41, 5.74) is 0.294. The Morgan fingerprint density at radius 3 is 2.78 bits per heavy atom. The van der Waals surface area contributed by atoms with E-state index in [9.17, 15) is 0 Å². The van der Waals surface area contributed by atoms with Gasteiger partial charge in [0.2, 0.25) is 0 Å². The predicted octanol–water partition coefficient (Wildman–Crippen LogP) is 3.89. The lowest BCUT2D eigenvalue weighted by Gasteiger charge is -2.43. The van der Waals surface area contributed by atoms with Gasteiger partial charge in [-0.05, 0) is 57.9 Å². The quantitative estimate of drug-likeness (QED) is 0.802. The molecule has 2 unspecified atom stereocenters. The fourth-order valence-corrected chi connectivity index (χ4v) is 3.86. The van der Waals surface area contributed by atoms with Gasteiger partial charge >= 0.3 is 0 Å². The number of nitrogens with one attached hydrogen (secondary N) is 1.